The Bertz CT molecular complexity index is 1090. The lowest BCUT2D eigenvalue weighted by Crippen LogP contribution is -2.48. The highest BCUT2D eigenvalue weighted by atomic mass is 32.1. The molecule has 1 fully saturated rings. The van der Waals surface area contributed by atoms with E-state index in [1.54, 1.807) is 6.20 Å². The maximum Gasteiger partial charge on any atom is 0.387 e. The quantitative estimate of drug-likeness (QED) is 0.493. The zero-order valence-corrected chi connectivity index (χ0v) is 19.7. The van der Waals surface area contributed by atoms with E-state index < -0.39 is 18.0 Å². The predicted molar refractivity (Wildman–Crippen MR) is 122 cm³/mol. The summed E-state index contributed by atoms with van der Waals surface area (Å²) in [6.07, 6.45) is 3.50. The first-order valence-electron chi connectivity index (χ1n) is 10.7. The van der Waals surface area contributed by atoms with E-state index >= 15 is 0 Å². The second-order valence-electron chi connectivity index (χ2n) is 8.58. The number of allylic oxidation sites excluding steroid dienone is 1. The molecular weight excluding hydrogens is 448 g/mol. The summed E-state index contributed by atoms with van der Waals surface area (Å²) in [4.78, 5) is 19.4. The molecule has 1 aliphatic rings. The summed E-state index contributed by atoms with van der Waals surface area (Å²) in [5.41, 5.74) is 2.13. The third-order valence-electron chi connectivity index (χ3n) is 5.88. The molecule has 1 atom stereocenters. The monoisotopic (exact) mass is 475 g/mol. The topological polar surface area (TPSA) is 86.5 Å². The van der Waals surface area contributed by atoms with Crippen LogP contribution in [0.2, 0.25) is 0 Å². The average Bonchev–Trinajstić information content (AvgIpc) is 3.21. The van der Waals surface area contributed by atoms with Crippen molar-refractivity contribution in [2.24, 2.45) is 5.41 Å². The fourth-order valence-electron chi connectivity index (χ4n) is 4.31. The molecule has 0 amide bonds. The van der Waals surface area contributed by atoms with Crippen molar-refractivity contribution in [1.29, 1.82) is 5.26 Å². The third kappa shape index (κ3) is 5.75. The maximum absolute atomic E-state index is 12.9. The zero-order valence-electron chi connectivity index (χ0n) is 18.9. The minimum Gasteiger partial charge on any atom is -0.481 e. The number of likely N-dealkylation sites (tertiary alicyclic amines) is 1. The highest BCUT2D eigenvalue weighted by Crippen LogP contribution is 2.40. The van der Waals surface area contributed by atoms with Gasteiger partial charge in [0.15, 0.2) is 0 Å². The molecule has 6 nitrogen and oxygen atoms in total. The van der Waals surface area contributed by atoms with Crippen LogP contribution in [0.4, 0.5) is 8.78 Å². The number of ether oxygens (including phenoxy) is 1. The van der Waals surface area contributed by atoms with E-state index in [1.165, 1.54) is 29.5 Å². The fourth-order valence-corrected chi connectivity index (χ4v) is 5.29. The van der Waals surface area contributed by atoms with E-state index in [-0.39, 0.29) is 5.75 Å². The molecular formula is C24H27F2N3O3S. The van der Waals surface area contributed by atoms with Crippen LogP contribution in [0.1, 0.15) is 50.6 Å². The largest absolute Gasteiger partial charge is 0.481 e. The number of hydrogen-bond donors (Lipinski definition) is 1. The normalized spacial score (nSPS) is 18.9. The highest BCUT2D eigenvalue weighted by Gasteiger charge is 2.43. The van der Waals surface area contributed by atoms with E-state index in [9.17, 15) is 23.9 Å². The van der Waals surface area contributed by atoms with E-state index in [4.69, 9.17) is 0 Å². The Morgan fingerprint density at radius 1 is 1.42 bits per heavy atom. The van der Waals surface area contributed by atoms with Gasteiger partial charge in [0.1, 0.15) is 10.8 Å². The number of alkyl halides is 2. The van der Waals surface area contributed by atoms with Crippen molar-refractivity contribution < 1.29 is 23.4 Å². The van der Waals surface area contributed by atoms with Crippen LogP contribution in [0, 0.1) is 16.7 Å². The number of rotatable bonds is 8. The van der Waals surface area contributed by atoms with Crippen molar-refractivity contribution in [2.75, 3.05) is 13.1 Å². The Labute approximate surface area is 196 Å². The molecule has 33 heavy (non-hydrogen) atoms. The van der Waals surface area contributed by atoms with Gasteiger partial charge in [-0.1, -0.05) is 24.5 Å². The second-order valence-corrected chi connectivity index (χ2v) is 9.70. The summed E-state index contributed by atoms with van der Waals surface area (Å²) in [6, 6.07) is 6.30. The minimum absolute atomic E-state index is 0.0168. The molecule has 1 aromatic heterocycles. The number of thiazole rings is 1. The molecule has 1 N–H and O–H groups in total. The lowest BCUT2D eigenvalue weighted by Gasteiger charge is -2.41. The lowest BCUT2D eigenvalue weighted by molar-refractivity contribution is -0.152. The summed E-state index contributed by atoms with van der Waals surface area (Å²) >= 11 is 1.32. The molecule has 1 aliphatic heterocycles. The smallest absolute Gasteiger partial charge is 0.387 e. The van der Waals surface area contributed by atoms with Gasteiger partial charge >= 0.3 is 12.6 Å². The van der Waals surface area contributed by atoms with Gasteiger partial charge in [-0.05, 0) is 44.9 Å². The summed E-state index contributed by atoms with van der Waals surface area (Å²) in [6.45, 7) is 4.56. The van der Waals surface area contributed by atoms with Gasteiger partial charge < -0.3 is 9.84 Å². The van der Waals surface area contributed by atoms with Crippen molar-refractivity contribution >= 4 is 17.3 Å². The molecule has 176 valence electrons. The number of carbonyl (C=O) groups is 1. The van der Waals surface area contributed by atoms with Crippen LogP contribution in [-0.4, -0.2) is 40.7 Å². The molecule has 0 aliphatic carbocycles. The van der Waals surface area contributed by atoms with Crippen LogP contribution in [0.15, 0.2) is 35.5 Å². The molecule has 2 aromatic rings. The Hall–Kier alpha value is -2.83. The molecule has 0 bridgehead atoms. The number of nitriles is 1. The Morgan fingerprint density at radius 3 is 2.79 bits per heavy atom. The number of aromatic nitrogens is 1. The predicted octanol–water partition coefficient (Wildman–Crippen LogP) is 5.70. The van der Waals surface area contributed by atoms with E-state index in [0.717, 1.165) is 22.6 Å². The van der Waals surface area contributed by atoms with E-state index in [0.29, 0.717) is 48.5 Å². The van der Waals surface area contributed by atoms with Crippen LogP contribution in [-0.2, 0) is 11.3 Å². The molecule has 0 unspecified atom stereocenters. The van der Waals surface area contributed by atoms with Crippen LogP contribution < -0.4 is 4.74 Å². The van der Waals surface area contributed by atoms with Gasteiger partial charge in [0.2, 0.25) is 0 Å². The van der Waals surface area contributed by atoms with Crippen LogP contribution in [0.5, 0.6) is 5.75 Å². The standard InChI is InChI=1S/C24H27F2N3O3S/c1-4-7-24(22(30)31)9-17(15(2)3)12-29(14-24)13-21-28-11-20(33-21)18-8-16(10-27)5-6-19(18)32-23(25)26/h5-6,8,11,23H,4,7,9,12-14H2,1-3H3,(H,30,31)/t24-/m1/s1. The van der Waals surface area contributed by atoms with Crippen molar-refractivity contribution in [3.63, 3.8) is 0 Å². The second kappa shape index (κ2) is 10.4. The van der Waals surface area contributed by atoms with E-state index in [2.05, 4.69) is 14.6 Å². The first-order chi connectivity index (χ1) is 15.7. The van der Waals surface area contributed by atoms with Gasteiger partial charge in [-0.15, -0.1) is 11.3 Å². The molecule has 1 saturated heterocycles. The van der Waals surface area contributed by atoms with Crippen molar-refractivity contribution in [3.05, 3.63) is 46.1 Å². The molecule has 3 rings (SSSR count). The molecule has 1 aromatic carbocycles. The number of benzene rings is 1. The summed E-state index contributed by atoms with van der Waals surface area (Å²) < 4.78 is 30.3. The van der Waals surface area contributed by atoms with Crippen LogP contribution >= 0.6 is 11.3 Å². The fraction of sp³-hybridized carbons (Fsp3) is 0.458. The Balaban J connectivity index is 1.89. The number of hydrogen-bond acceptors (Lipinski definition) is 6. The molecule has 0 saturated carbocycles. The van der Waals surface area contributed by atoms with Crippen molar-refractivity contribution in [1.82, 2.24) is 9.88 Å². The highest BCUT2D eigenvalue weighted by molar-refractivity contribution is 7.15. The molecule has 0 radical (unpaired) electrons. The first kappa shape index (κ1) is 24.8. The van der Waals surface area contributed by atoms with Gasteiger partial charge in [0, 0.05) is 24.8 Å². The summed E-state index contributed by atoms with van der Waals surface area (Å²) in [7, 11) is 0. The average molecular weight is 476 g/mol. The number of piperidine rings is 1. The first-order valence-corrected chi connectivity index (χ1v) is 11.5. The van der Waals surface area contributed by atoms with Gasteiger partial charge in [-0.25, -0.2) is 4.98 Å². The summed E-state index contributed by atoms with van der Waals surface area (Å²) in [5, 5.41) is 20.0. The molecule has 9 heteroatoms. The van der Waals surface area contributed by atoms with E-state index in [1.807, 2.05) is 26.8 Å². The zero-order chi connectivity index (χ0) is 24.2. The lowest BCUT2D eigenvalue weighted by atomic mass is 9.74. The van der Waals surface area contributed by atoms with Crippen LogP contribution in [0.25, 0.3) is 10.4 Å². The van der Waals surface area contributed by atoms with Crippen LogP contribution in [0.3, 0.4) is 0 Å². The Morgan fingerprint density at radius 2 is 2.18 bits per heavy atom. The number of halogens is 2. The van der Waals surface area contributed by atoms with Crippen molar-refractivity contribution in [2.45, 2.75) is 53.2 Å². The maximum atomic E-state index is 12.9. The molecule has 2 heterocycles. The number of nitrogens with zero attached hydrogens (tertiary/aromatic N) is 3. The summed E-state index contributed by atoms with van der Waals surface area (Å²) in [5.74, 6) is -0.799. The SMILES string of the molecule is CCC[C@@]1(C(=O)O)CC(=C(C)C)CN(Cc2ncc(-c3cc(C#N)ccc3OC(F)F)s2)C1. The van der Waals surface area contributed by atoms with Gasteiger partial charge in [0.25, 0.3) is 0 Å². The van der Waals surface area contributed by atoms with Crippen molar-refractivity contribution in [3.8, 4) is 22.3 Å². The van der Waals surface area contributed by atoms with Gasteiger partial charge in [0.05, 0.1) is 28.5 Å². The minimum atomic E-state index is -2.98. The third-order valence-corrected chi connectivity index (χ3v) is 6.90. The van der Waals surface area contributed by atoms with Gasteiger partial charge in [-0.3, -0.25) is 9.69 Å². The number of carboxylic acids is 1. The molecule has 0 spiro atoms. The number of carboxylic acid groups (broad SMARTS) is 1. The number of aliphatic carboxylic acids is 1. The Kier molecular flexibility index (Phi) is 7.82. The van der Waals surface area contributed by atoms with Gasteiger partial charge in [-0.2, -0.15) is 14.0 Å².